The first-order valence-corrected chi connectivity index (χ1v) is 5.70. The van der Waals surface area contributed by atoms with E-state index in [1.165, 1.54) is 13.2 Å². The average molecular weight is 245 g/mol. The smallest absolute Gasteiger partial charge is 0.165 e. The van der Waals surface area contributed by atoms with E-state index < -0.39 is 0 Å². The minimum atomic E-state index is -0.252. The molecule has 2 rings (SSSR count). The second-order valence-corrected chi connectivity index (χ2v) is 4.37. The molecule has 16 heavy (non-hydrogen) atoms. The maximum atomic E-state index is 13.8. The van der Waals surface area contributed by atoms with Crippen LogP contribution in [0.5, 0.6) is 11.5 Å². The zero-order valence-corrected chi connectivity index (χ0v) is 10.1. The monoisotopic (exact) mass is 244 g/mol. The fourth-order valence-electron chi connectivity index (χ4n) is 2.22. The summed E-state index contributed by atoms with van der Waals surface area (Å²) in [5.41, 5.74) is 1.43. The molecule has 2 nitrogen and oxygen atoms in total. The van der Waals surface area contributed by atoms with Gasteiger partial charge in [-0.15, -0.1) is 11.6 Å². The number of benzene rings is 1. The Morgan fingerprint density at radius 1 is 1.38 bits per heavy atom. The summed E-state index contributed by atoms with van der Waals surface area (Å²) in [4.78, 5) is 0. The summed E-state index contributed by atoms with van der Waals surface area (Å²) in [6.45, 7) is 0. The van der Waals surface area contributed by atoms with Crippen LogP contribution in [0.2, 0.25) is 0 Å². The van der Waals surface area contributed by atoms with E-state index in [9.17, 15) is 4.39 Å². The van der Waals surface area contributed by atoms with E-state index >= 15 is 0 Å². The molecule has 0 aliphatic heterocycles. The van der Waals surface area contributed by atoms with Gasteiger partial charge in [0.15, 0.2) is 11.5 Å². The number of fused-ring (bicyclic) bond motifs is 1. The predicted molar refractivity (Wildman–Crippen MR) is 61.0 cm³/mol. The lowest BCUT2D eigenvalue weighted by atomic mass is 9.89. The van der Waals surface area contributed by atoms with Crippen LogP contribution in [-0.4, -0.2) is 14.2 Å². The van der Waals surface area contributed by atoms with Gasteiger partial charge in [0.1, 0.15) is 5.82 Å². The molecule has 0 saturated heterocycles. The second kappa shape index (κ2) is 4.50. The Kier molecular flexibility index (Phi) is 3.24. The molecule has 0 spiro atoms. The van der Waals surface area contributed by atoms with Gasteiger partial charge in [0.25, 0.3) is 0 Å². The first-order valence-electron chi connectivity index (χ1n) is 5.26. The Morgan fingerprint density at radius 2 is 2.12 bits per heavy atom. The number of methoxy groups -OCH3 is 2. The highest BCUT2D eigenvalue weighted by Crippen LogP contribution is 2.45. The van der Waals surface area contributed by atoms with Gasteiger partial charge >= 0.3 is 0 Å². The van der Waals surface area contributed by atoms with Gasteiger partial charge < -0.3 is 9.47 Å². The quantitative estimate of drug-likeness (QED) is 0.742. The number of alkyl halides is 1. The SMILES string of the molecule is COc1cc(F)c2c(c1OC)C(Cl)CCC2. The van der Waals surface area contributed by atoms with E-state index in [4.69, 9.17) is 21.1 Å². The summed E-state index contributed by atoms with van der Waals surface area (Å²) >= 11 is 6.23. The first-order chi connectivity index (χ1) is 7.69. The number of hydrogen-bond acceptors (Lipinski definition) is 2. The largest absolute Gasteiger partial charge is 0.493 e. The van der Waals surface area contributed by atoms with Crippen molar-refractivity contribution in [1.82, 2.24) is 0 Å². The highest BCUT2D eigenvalue weighted by Gasteiger charge is 2.27. The van der Waals surface area contributed by atoms with Gasteiger partial charge in [-0.2, -0.15) is 0 Å². The Bertz CT molecular complexity index is 406. The van der Waals surface area contributed by atoms with Crippen molar-refractivity contribution in [2.75, 3.05) is 14.2 Å². The van der Waals surface area contributed by atoms with Crippen LogP contribution in [0.25, 0.3) is 0 Å². The summed E-state index contributed by atoms with van der Waals surface area (Å²) in [5, 5.41) is -0.191. The number of rotatable bonds is 2. The van der Waals surface area contributed by atoms with Crippen LogP contribution in [0.15, 0.2) is 6.07 Å². The van der Waals surface area contributed by atoms with Crippen LogP contribution in [0, 0.1) is 5.82 Å². The van der Waals surface area contributed by atoms with E-state index in [0.717, 1.165) is 18.4 Å². The molecule has 0 aromatic heterocycles. The van der Waals surface area contributed by atoms with Crippen LogP contribution in [-0.2, 0) is 6.42 Å². The molecule has 0 N–H and O–H groups in total. The van der Waals surface area contributed by atoms with Crippen LogP contribution in [0.1, 0.15) is 29.3 Å². The van der Waals surface area contributed by atoms with E-state index in [-0.39, 0.29) is 11.2 Å². The zero-order chi connectivity index (χ0) is 11.7. The summed E-state index contributed by atoms with van der Waals surface area (Å²) in [5.74, 6) is 0.725. The molecule has 0 fully saturated rings. The third-order valence-electron chi connectivity index (χ3n) is 2.96. The molecule has 1 aromatic carbocycles. The van der Waals surface area contributed by atoms with E-state index in [1.54, 1.807) is 7.11 Å². The zero-order valence-electron chi connectivity index (χ0n) is 9.35. The Labute approximate surface area is 99.3 Å². The molecule has 0 bridgehead atoms. The van der Waals surface area contributed by atoms with Gasteiger partial charge in [-0.1, -0.05) is 0 Å². The van der Waals surface area contributed by atoms with Gasteiger partial charge in [-0.05, 0) is 24.8 Å². The molecule has 88 valence electrons. The van der Waals surface area contributed by atoms with Crippen molar-refractivity contribution >= 4 is 11.6 Å². The Morgan fingerprint density at radius 3 is 2.75 bits per heavy atom. The molecule has 1 aliphatic rings. The minimum Gasteiger partial charge on any atom is -0.493 e. The van der Waals surface area contributed by atoms with Crippen LogP contribution >= 0.6 is 11.6 Å². The van der Waals surface area contributed by atoms with Crippen LogP contribution in [0.3, 0.4) is 0 Å². The average Bonchev–Trinajstić information content (AvgIpc) is 2.29. The van der Waals surface area contributed by atoms with Crippen LogP contribution in [0.4, 0.5) is 4.39 Å². The van der Waals surface area contributed by atoms with Crippen molar-refractivity contribution in [3.63, 3.8) is 0 Å². The molecule has 0 saturated carbocycles. The van der Waals surface area contributed by atoms with Crippen molar-refractivity contribution in [3.05, 3.63) is 23.0 Å². The minimum absolute atomic E-state index is 0.191. The highest BCUT2D eigenvalue weighted by atomic mass is 35.5. The summed E-state index contributed by atoms with van der Waals surface area (Å²) < 4.78 is 24.2. The summed E-state index contributed by atoms with van der Waals surface area (Å²) in [6.07, 6.45) is 2.47. The maximum absolute atomic E-state index is 13.8. The lowest BCUT2D eigenvalue weighted by Gasteiger charge is -2.24. The van der Waals surface area contributed by atoms with Crippen molar-refractivity contribution in [2.45, 2.75) is 24.6 Å². The molecular formula is C12H14ClFO2. The molecule has 4 heteroatoms. The molecule has 1 aromatic rings. The third kappa shape index (κ3) is 1.73. The Hall–Kier alpha value is -0.960. The fourth-order valence-corrected chi connectivity index (χ4v) is 2.60. The summed E-state index contributed by atoms with van der Waals surface area (Å²) in [7, 11) is 3.05. The molecule has 0 radical (unpaired) electrons. The van der Waals surface area contributed by atoms with Gasteiger partial charge in [-0.3, -0.25) is 0 Å². The topological polar surface area (TPSA) is 18.5 Å². The van der Waals surface area contributed by atoms with Crippen LogP contribution < -0.4 is 9.47 Å². The molecule has 0 amide bonds. The molecular weight excluding hydrogens is 231 g/mol. The maximum Gasteiger partial charge on any atom is 0.165 e. The number of hydrogen-bond donors (Lipinski definition) is 0. The number of ether oxygens (including phenoxy) is 2. The predicted octanol–water partition coefficient (Wildman–Crippen LogP) is 3.46. The highest BCUT2D eigenvalue weighted by molar-refractivity contribution is 6.21. The van der Waals surface area contributed by atoms with Crippen molar-refractivity contribution < 1.29 is 13.9 Å². The van der Waals surface area contributed by atoms with E-state index in [2.05, 4.69) is 0 Å². The van der Waals surface area contributed by atoms with Gasteiger partial charge in [-0.25, -0.2) is 4.39 Å². The fraction of sp³-hybridized carbons (Fsp3) is 0.500. The lowest BCUT2D eigenvalue weighted by molar-refractivity contribution is 0.345. The summed E-state index contributed by atoms with van der Waals surface area (Å²) in [6, 6.07) is 1.37. The Balaban J connectivity index is 2.65. The lowest BCUT2D eigenvalue weighted by Crippen LogP contribution is -2.11. The normalized spacial score (nSPS) is 19.1. The number of halogens is 2. The second-order valence-electron chi connectivity index (χ2n) is 3.85. The standard InChI is InChI=1S/C12H14ClFO2/c1-15-10-6-9(14)7-4-3-5-8(13)11(7)12(10)16-2/h6,8H,3-5H2,1-2H3. The van der Waals surface area contributed by atoms with E-state index in [0.29, 0.717) is 23.5 Å². The van der Waals surface area contributed by atoms with Gasteiger partial charge in [0.2, 0.25) is 0 Å². The molecule has 1 unspecified atom stereocenters. The van der Waals surface area contributed by atoms with E-state index in [1.807, 2.05) is 0 Å². The molecule has 1 aliphatic carbocycles. The van der Waals surface area contributed by atoms with Gasteiger partial charge in [0.05, 0.1) is 19.6 Å². The van der Waals surface area contributed by atoms with Crippen molar-refractivity contribution in [1.29, 1.82) is 0 Å². The van der Waals surface area contributed by atoms with Crippen molar-refractivity contribution in [3.8, 4) is 11.5 Å². The molecule has 1 atom stereocenters. The van der Waals surface area contributed by atoms with Crippen molar-refractivity contribution in [2.24, 2.45) is 0 Å². The van der Waals surface area contributed by atoms with Gasteiger partial charge in [0, 0.05) is 11.6 Å². The first kappa shape index (κ1) is 11.5. The third-order valence-corrected chi connectivity index (χ3v) is 3.40. The molecule has 0 heterocycles.